The number of hydrogen-bond donors (Lipinski definition) is 0. The van der Waals surface area contributed by atoms with Crippen LogP contribution in [0.1, 0.15) is 26.3 Å². The molecule has 0 radical (unpaired) electrons. The first-order valence-electron chi connectivity index (χ1n) is 6.73. The van der Waals surface area contributed by atoms with Crippen LogP contribution in [0.25, 0.3) is 0 Å². The lowest BCUT2D eigenvalue weighted by Crippen LogP contribution is -2.08. The van der Waals surface area contributed by atoms with Gasteiger partial charge in [0.05, 0.1) is 25.3 Å². The lowest BCUT2D eigenvalue weighted by Gasteiger charge is -2.08. The molecule has 120 valence electrons. The number of halogens is 1. The molecule has 23 heavy (non-hydrogen) atoms. The van der Waals surface area contributed by atoms with E-state index in [1.165, 1.54) is 26.4 Å². The molecule has 6 heteroatoms. The fraction of sp³-hybridized carbons (Fsp3) is 0.176. The van der Waals surface area contributed by atoms with Crippen LogP contribution in [0.2, 0.25) is 0 Å². The topological polar surface area (TPSA) is 61.8 Å². The Morgan fingerprint density at radius 2 is 1.83 bits per heavy atom. The van der Waals surface area contributed by atoms with E-state index in [1.807, 2.05) is 0 Å². The maximum Gasteiger partial charge on any atom is 0.341 e. The van der Waals surface area contributed by atoms with E-state index >= 15 is 0 Å². The minimum atomic E-state index is -0.798. The molecule has 5 nitrogen and oxygen atoms in total. The molecule has 0 N–H and O–H groups in total. The van der Waals surface area contributed by atoms with Crippen LogP contribution in [0.5, 0.6) is 5.75 Å². The summed E-state index contributed by atoms with van der Waals surface area (Å²) in [5.74, 6) is -1.70. The quantitative estimate of drug-likeness (QED) is 0.793. The number of benzene rings is 2. The fourth-order valence-electron chi connectivity index (χ4n) is 1.92. The normalized spacial score (nSPS) is 10.0. The Hall–Kier alpha value is -2.89. The van der Waals surface area contributed by atoms with Crippen molar-refractivity contribution in [1.29, 1.82) is 0 Å². The third kappa shape index (κ3) is 4.06. The number of esters is 2. The number of ether oxygens (including phenoxy) is 3. The lowest BCUT2D eigenvalue weighted by molar-refractivity contribution is 0.0467. The molecule has 0 aliphatic rings. The largest absolute Gasteiger partial charge is 0.497 e. The Kier molecular flexibility index (Phi) is 5.30. The van der Waals surface area contributed by atoms with Crippen LogP contribution in [-0.2, 0) is 16.1 Å². The van der Waals surface area contributed by atoms with E-state index < -0.39 is 17.8 Å². The molecular weight excluding hydrogens is 303 g/mol. The van der Waals surface area contributed by atoms with Crippen LogP contribution in [-0.4, -0.2) is 26.2 Å². The van der Waals surface area contributed by atoms with Crippen molar-refractivity contribution in [3.63, 3.8) is 0 Å². The van der Waals surface area contributed by atoms with E-state index in [0.29, 0.717) is 16.9 Å². The summed E-state index contributed by atoms with van der Waals surface area (Å²) in [6.45, 7) is -0.0882. The van der Waals surface area contributed by atoms with Gasteiger partial charge in [-0.25, -0.2) is 14.0 Å². The fourth-order valence-corrected chi connectivity index (χ4v) is 1.92. The Morgan fingerprint density at radius 1 is 1.04 bits per heavy atom. The zero-order chi connectivity index (χ0) is 16.8. The first-order valence-corrected chi connectivity index (χ1v) is 6.73. The molecule has 0 heterocycles. The number of hydrogen-bond acceptors (Lipinski definition) is 5. The summed E-state index contributed by atoms with van der Waals surface area (Å²) < 4.78 is 28.3. The molecule has 0 aliphatic heterocycles. The van der Waals surface area contributed by atoms with Gasteiger partial charge in [-0.2, -0.15) is 0 Å². The van der Waals surface area contributed by atoms with Gasteiger partial charge in [0, 0.05) is 6.07 Å². The second kappa shape index (κ2) is 7.40. The van der Waals surface area contributed by atoms with Gasteiger partial charge >= 0.3 is 11.9 Å². The number of carbonyl (C=O) groups is 2. The van der Waals surface area contributed by atoms with Crippen LogP contribution < -0.4 is 4.74 Å². The van der Waals surface area contributed by atoms with E-state index in [1.54, 1.807) is 24.3 Å². The third-order valence-electron chi connectivity index (χ3n) is 3.11. The van der Waals surface area contributed by atoms with Crippen molar-refractivity contribution in [3.05, 3.63) is 65.0 Å². The van der Waals surface area contributed by atoms with Gasteiger partial charge in [0.15, 0.2) is 0 Å². The molecule has 0 bridgehead atoms. The summed E-state index contributed by atoms with van der Waals surface area (Å²) in [4.78, 5) is 23.4. The van der Waals surface area contributed by atoms with Gasteiger partial charge in [0.2, 0.25) is 0 Å². The molecule has 0 spiro atoms. The average molecular weight is 318 g/mol. The van der Waals surface area contributed by atoms with Crippen molar-refractivity contribution in [2.75, 3.05) is 14.2 Å². The number of rotatable bonds is 5. The summed E-state index contributed by atoms with van der Waals surface area (Å²) >= 11 is 0. The van der Waals surface area contributed by atoms with E-state index in [0.717, 1.165) is 6.07 Å². The molecule has 2 rings (SSSR count). The molecular formula is C17H15FO5. The Morgan fingerprint density at radius 3 is 2.48 bits per heavy atom. The predicted octanol–water partition coefficient (Wildman–Crippen LogP) is 2.98. The summed E-state index contributed by atoms with van der Waals surface area (Å²) in [7, 11) is 2.68. The number of methoxy groups -OCH3 is 2. The number of carbonyl (C=O) groups excluding carboxylic acids is 2. The molecule has 0 atom stereocenters. The van der Waals surface area contributed by atoms with E-state index in [9.17, 15) is 14.0 Å². The van der Waals surface area contributed by atoms with Crippen LogP contribution in [0.4, 0.5) is 4.39 Å². The molecule has 0 amide bonds. The summed E-state index contributed by atoms with van der Waals surface area (Å²) in [5, 5.41) is 0. The van der Waals surface area contributed by atoms with Gasteiger partial charge in [-0.1, -0.05) is 12.1 Å². The van der Waals surface area contributed by atoms with E-state index in [2.05, 4.69) is 4.74 Å². The Balaban J connectivity index is 2.06. The smallest absolute Gasteiger partial charge is 0.341 e. The standard InChI is InChI=1S/C17H15FO5/c1-21-13-6-7-14(15(18)9-13)17(20)23-10-11-4-3-5-12(8-11)16(19)22-2/h3-9H,10H2,1-2H3. The summed E-state index contributed by atoms with van der Waals surface area (Å²) in [6, 6.07) is 10.3. The van der Waals surface area contributed by atoms with Gasteiger partial charge < -0.3 is 14.2 Å². The SMILES string of the molecule is COC(=O)c1cccc(COC(=O)c2ccc(OC)cc2F)c1. The summed E-state index contributed by atoms with van der Waals surface area (Å²) in [6.07, 6.45) is 0. The van der Waals surface area contributed by atoms with Crippen LogP contribution in [0, 0.1) is 5.82 Å². The molecule has 0 unspecified atom stereocenters. The van der Waals surface area contributed by atoms with Gasteiger partial charge in [0.1, 0.15) is 18.2 Å². The third-order valence-corrected chi connectivity index (χ3v) is 3.11. The molecule has 2 aromatic carbocycles. The minimum absolute atomic E-state index is 0.0882. The first-order chi connectivity index (χ1) is 11.0. The highest BCUT2D eigenvalue weighted by Crippen LogP contribution is 2.17. The molecule has 0 saturated carbocycles. The van der Waals surface area contributed by atoms with Crippen LogP contribution in [0.3, 0.4) is 0 Å². The highest BCUT2D eigenvalue weighted by atomic mass is 19.1. The highest BCUT2D eigenvalue weighted by molar-refractivity contribution is 5.90. The maximum atomic E-state index is 13.8. The molecule has 2 aromatic rings. The van der Waals surface area contributed by atoms with E-state index in [4.69, 9.17) is 9.47 Å². The zero-order valence-corrected chi connectivity index (χ0v) is 12.7. The van der Waals surface area contributed by atoms with Crippen molar-refractivity contribution >= 4 is 11.9 Å². The van der Waals surface area contributed by atoms with Crippen molar-refractivity contribution in [1.82, 2.24) is 0 Å². The first kappa shape index (κ1) is 16.5. The monoisotopic (exact) mass is 318 g/mol. The Bertz CT molecular complexity index is 727. The van der Waals surface area contributed by atoms with Crippen molar-refractivity contribution < 1.29 is 28.2 Å². The summed E-state index contributed by atoms with van der Waals surface area (Å²) in [5.41, 5.74) is 0.752. The second-order valence-corrected chi connectivity index (χ2v) is 4.61. The highest BCUT2D eigenvalue weighted by Gasteiger charge is 2.14. The molecule has 0 fully saturated rings. The minimum Gasteiger partial charge on any atom is -0.497 e. The van der Waals surface area contributed by atoms with Gasteiger partial charge in [-0.15, -0.1) is 0 Å². The molecule has 0 saturated heterocycles. The Labute approximate surface area is 132 Å². The van der Waals surface area contributed by atoms with Gasteiger partial charge in [0.25, 0.3) is 0 Å². The molecule has 0 aromatic heterocycles. The predicted molar refractivity (Wildman–Crippen MR) is 79.9 cm³/mol. The van der Waals surface area contributed by atoms with Crippen molar-refractivity contribution in [2.24, 2.45) is 0 Å². The maximum absolute atomic E-state index is 13.8. The van der Waals surface area contributed by atoms with Gasteiger partial charge in [-0.3, -0.25) is 0 Å². The van der Waals surface area contributed by atoms with Crippen molar-refractivity contribution in [2.45, 2.75) is 6.61 Å². The second-order valence-electron chi connectivity index (χ2n) is 4.61. The average Bonchev–Trinajstić information content (AvgIpc) is 2.59. The van der Waals surface area contributed by atoms with Crippen LogP contribution >= 0.6 is 0 Å². The van der Waals surface area contributed by atoms with Crippen molar-refractivity contribution in [3.8, 4) is 5.75 Å². The zero-order valence-electron chi connectivity index (χ0n) is 12.7. The van der Waals surface area contributed by atoms with E-state index in [-0.39, 0.29) is 12.2 Å². The molecule has 0 aliphatic carbocycles. The van der Waals surface area contributed by atoms with Gasteiger partial charge in [-0.05, 0) is 29.8 Å². The van der Waals surface area contributed by atoms with Crippen LogP contribution in [0.15, 0.2) is 42.5 Å². The lowest BCUT2D eigenvalue weighted by atomic mass is 10.1.